The van der Waals surface area contributed by atoms with Gasteiger partial charge in [-0.15, -0.1) is 0 Å². The van der Waals surface area contributed by atoms with E-state index in [1.54, 1.807) is 0 Å². The van der Waals surface area contributed by atoms with Crippen molar-refractivity contribution in [1.82, 2.24) is 0 Å². The number of benzene rings is 2. The Bertz CT molecular complexity index is 931. The molecule has 0 bridgehead atoms. The number of carbonyl (C=O) groups is 1. The Morgan fingerprint density at radius 1 is 0.500 bits per heavy atom. The van der Waals surface area contributed by atoms with E-state index in [0.29, 0.717) is 0 Å². The molecular formula is C25H28O. The molecular weight excluding hydrogens is 316 g/mol. The third kappa shape index (κ3) is 2.58. The van der Waals surface area contributed by atoms with Crippen LogP contribution in [0.2, 0.25) is 0 Å². The highest BCUT2D eigenvalue weighted by Crippen LogP contribution is 2.42. The standard InChI is InChI=1S/C25H28O/c1-13-9-11-21(17(5)15(13)3)23-19(7)20(8)24(25(23)26)22-12-10-14(2)16(4)18(22)6/h9-12H,1-8H3. The first-order valence-corrected chi connectivity index (χ1v) is 9.28. The molecule has 1 aliphatic carbocycles. The lowest BCUT2D eigenvalue weighted by molar-refractivity contribution is -0.108. The van der Waals surface area contributed by atoms with Gasteiger partial charge in [0.1, 0.15) is 0 Å². The molecule has 0 aliphatic heterocycles. The molecule has 3 rings (SSSR count). The molecule has 0 aromatic heterocycles. The molecule has 2 aromatic carbocycles. The number of Topliss-reactive ketones (excluding diaryl/α,β-unsaturated/α-hetero) is 1. The summed E-state index contributed by atoms with van der Waals surface area (Å²) in [5.41, 5.74) is 13.6. The summed E-state index contributed by atoms with van der Waals surface area (Å²) < 4.78 is 0. The maximum absolute atomic E-state index is 13.5. The van der Waals surface area contributed by atoms with Crippen molar-refractivity contribution in [3.05, 3.63) is 79.9 Å². The van der Waals surface area contributed by atoms with Crippen molar-refractivity contribution in [3.8, 4) is 0 Å². The first-order chi connectivity index (χ1) is 12.2. The first kappa shape index (κ1) is 18.4. The van der Waals surface area contributed by atoms with Crippen LogP contribution in [-0.4, -0.2) is 5.78 Å². The highest BCUT2D eigenvalue weighted by atomic mass is 16.1. The summed E-state index contributed by atoms with van der Waals surface area (Å²) in [6.07, 6.45) is 0. The van der Waals surface area contributed by atoms with Gasteiger partial charge in [-0.2, -0.15) is 0 Å². The summed E-state index contributed by atoms with van der Waals surface area (Å²) >= 11 is 0. The van der Waals surface area contributed by atoms with Crippen molar-refractivity contribution in [2.45, 2.75) is 55.4 Å². The zero-order valence-corrected chi connectivity index (χ0v) is 17.2. The summed E-state index contributed by atoms with van der Waals surface area (Å²) in [6, 6.07) is 8.47. The monoisotopic (exact) mass is 344 g/mol. The van der Waals surface area contributed by atoms with Gasteiger partial charge in [-0.05, 0) is 111 Å². The lowest BCUT2D eigenvalue weighted by atomic mass is 9.88. The quantitative estimate of drug-likeness (QED) is 0.619. The second-order valence-corrected chi connectivity index (χ2v) is 7.69. The zero-order valence-electron chi connectivity index (χ0n) is 17.2. The van der Waals surface area contributed by atoms with E-state index in [1.165, 1.54) is 33.4 Å². The number of ketones is 1. The van der Waals surface area contributed by atoms with Crippen LogP contribution in [0.4, 0.5) is 0 Å². The van der Waals surface area contributed by atoms with Gasteiger partial charge in [0, 0.05) is 11.1 Å². The zero-order chi connectivity index (χ0) is 19.3. The van der Waals surface area contributed by atoms with Crippen molar-refractivity contribution in [1.29, 1.82) is 0 Å². The van der Waals surface area contributed by atoms with E-state index in [1.807, 2.05) is 0 Å². The van der Waals surface area contributed by atoms with Crippen LogP contribution in [0.15, 0.2) is 35.4 Å². The maximum atomic E-state index is 13.5. The predicted octanol–water partition coefficient (Wildman–Crippen LogP) is 6.37. The van der Waals surface area contributed by atoms with Crippen LogP contribution in [0, 0.1) is 41.5 Å². The summed E-state index contributed by atoms with van der Waals surface area (Å²) in [6.45, 7) is 16.9. The molecule has 0 saturated carbocycles. The van der Waals surface area contributed by atoms with Crippen molar-refractivity contribution in [2.24, 2.45) is 0 Å². The maximum Gasteiger partial charge on any atom is 0.194 e. The van der Waals surface area contributed by atoms with Crippen LogP contribution in [0.25, 0.3) is 11.1 Å². The number of hydrogen-bond donors (Lipinski definition) is 0. The van der Waals surface area contributed by atoms with Crippen LogP contribution >= 0.6 is 0 Å². The number of allylic oxidation sites excluding steroid dienone is 4. The Kier molecular flexibility index (Phi) is 4.52. The van der Waals surface area contributed by atoms with Crippen molar-refractivity contribution in [2.75, 3.05) is 0 Å². The third-order valence-corrected chi connectivity index (χ3v) is 6.42. The molecule has 1 aliphatic rings. The predicted molar refractivity (Wildman–Crippen MR) is 112 cm³/mol. The highest BCUT2D eigenvalue weighted by Gasteiger charge is 2.31. The normalized spacial score (nSPS) is 14.7. The molecule has 1 nitrogen and oxygen atoms in total. The fourth-order valence-electron chi connectivity index (χ4n) is 3.94. The van der Waals surface area contributed by atoms with Crippen molar-refractivity contribution < 1.29 is 4.79 Å². The van der Waals surface area contributed by atoms with Gasteiger partial charge in [0.15, 0.2) is 5.78 Å². The van der Waals surface area contributed by atoms with Crippen molar-refractivity contribution >= 4 is 16.9 Å². The lowest BCUT2D eigenvalue weighted by Crippen LogP contribution is -2.06. The van der Waals surface area contributed by atoms with Gasteiger partial charge in [0.05, 0.1) is 0 Å². The second-order valence-electron chi connectivity index (χ2n) is 7.69. The third-order valence-electron chi connectivity index (χ3n) is 6.42. The molecule has 0 saturated heterocycles. The summed E-state index contributed by atoms with van der Waals surface area (Å²) in [5.74, 6) is 0.165. The SMILES string of the molecule is CC1=C(c2ccc(C)c(C)c2C)C(=O)C(c2ccc(C)c(C)c2C)=C1C. The number of hydrogen-bond acceptors (Lipinski definition) is 1. The Labute approximate surface area is 157 Å². The average molecular weight is 344 g/mol. The molecule has 0 N–H and O–H groups in total. The van der Waals surface area contributed by atoms with Gasteiger partial charge in [0.25, 0.3) is 0 Å². The molecule has 1 heteroatoms. The topological polar surface area (TPSA) is 17.1 Å². The fourth-order valence-corrected chi connectivity index (χ4v) is 3.94. The van der Waals surface area contributed by atoms with Crippen LogP contribution in [0.1, 0.15) is 58.4 Å². The van der Waals surface area contributed by atoms with E-state index in [2.05, 4.69) is 79.7 Å². The van der Waals surface area contributed by atoms with Gasteiger partial charge in [-0.25, -0.2) is 0 Å². The molecule has 0 fully saturated rings. The largest absolute Gasteiger partial charge is 0.289 e. The van der Waals surface area contributed by atoms with E-state index in [9.17, 15) is 4.79 Å². The van der Waals surface area contributed by atoms with Crippen LogP contribution < -0.4 is 0 Å². The Morgan fingerprint density at radius 3 is 1.19 bits per heavy atom. The molecule has 0 unspecified atom stereocenters. The fraction of sp³-hybridized carbons (Fsp3) is 0.320. The molecule has 0 amide bonds. The Hall–Kier alpha value is -2.41. The molecule has 0 radical (unpaired) electrons. The van der Waals surface area contributed by atoms with E-state index >= 15 is 0 Å². The Balaban J connectivity index is 2.18. The highest BCUT2D eigenvalue weighted by molar-refractivity contribution is 6.47. The molecule has 134 valence electrons. The first-order valence-electron chi connectivity index (χ1n) is 9.28. The summed E-state index contributed by atoms with van der Waals surface area (Å²) in [5, 5.41) is 0. The van der Waals surface area contributed by atoms with Crippen LogP contribution in [0.5, 0.6) is 0 Å². The minimum Gasteiger partial charge on any atom is -0.289 e. The molecule has 2 aromatic rings. The summed E-state index contributed by atoms with van der Waals surface area (Å²) in [4.78, 5) is 13.5. The smallest absolute Gasteiger partial charge is 0.194 e. The molecule has 26 heavy (non-hydrogen) atoms. The van der Waals surface area contributed by atoms with E-state index in [4.69, 9.17) is 0 Å². The Morgan fingerprint density at radius 2 is 0.846 bits per heavy atom. The van der Waals surface area contributed by atoms with Gasteiger partial charge >= 0.3 is 0 Å². The van der Waals surface area contributed by atoms with Crippen LogP contribution in [-0.2, 0) is 4.79 Å². The second kappa shape index (κ2) is 6.39. The summed E-state index contributed by atoms with van der Waals surface area (Å²) in [7, 11) is 0. The number of carbonyl (C=O) groups excluding carboxylic acids is 1. The van der Waals surface area contributed by atoms with Gasteiger partial charge < -0.3 is 0 Å². The van der Waals surface area contributed by atoms with Gasteiger partial charge in [-0.1, -0.05) is 24.3 Å². The molecule has 0 spiro atoms. The lowest BCUT2D eigenvalue weighted by Gasteiger charge is -2.15. The van der Waals surface area contributed by atoms with Crippen molar-refractivity contribution in [3.63, 3.8) is 0 Å². The van der Waals surface area contributed by atoms with E-state index < -0.39 is 0 Å². The minimum absolute atomic E-state index is 0.165. The minimum atomic E-state index is 0.165. The number of aryl methyl sites for hydroxylation is 2. The van der Waals surface area contributed by atoms with E-state index in [0.717, 1.165) is 33.4 Å². The van der Waals surface area contributed by atoms with E-state index in [-0.39, 0.29) is 5.78 Å². The molecule has 0 atom stereocenters. The van der Waals surface area contributed by atoms with Crippen LogP contribution in [0.3, 0.4) is 0 Å². The van der Waals surface area contributed by atoms with Gasteiger partial charge in [0.2, 0.25) is 0 Å². The average Bonchev–Trinajstić information content (AvgIpc) is 2.82. The van der Waals surface area contributed by atoms with Gasteiger partial charge in [-0.3, -0.25) is 4.79 Å². The molecule has 0 heterocycles. The number of rotatable bonds is 2.